The SMILES string of the molecule is Cn1c(C(=O)Nc2ccc(-n3cnc4ccccc43)nc2)c(Br)c2ccccc21. The van der Waals surface area contributed by atoms with E-state index >= 15 is 0 Å². The summed E-state index contributed by atoms with van der Waals surface area (Å²) in [5.41, 5.74) is 4.07. The lowest BCUT2D eigenvalue weighted by Gasteiger charge is -2.08. The third kappa shape index (κ3) is 2.91. The van der Waals surface area contributed by atoms with Gasteiger partial charge in [-0.3, -0.25) is 9.36 Å². The van der Waals surface area contributed by atoms with Gasteiger partial charge in [-0.05, 0) is 46.3 Å². The van der Waals surface area contributed by atoms with E-state index in [0.29, 0.717) is 11.4 Å². The normalized spacial score (nSPS) is 11.2. The maximum atomic E-state index is 12.9. The van der Waals surface area contributed by atoms with Gasteiger partial charge in [0.2, 0.25) is 0 Å². The average molecular weight is 446 g/mol. The second-order valence-electron chi connectivity index (χ2n) is 6.70. The van der Waals surface area contributed by atoms with Crippen molar-refractivity contribution < 1.29 is 4.79 Å². The Balaban J connectivity index is 1.44. The summed E-state index contributed by atoms with van der Waals surface area (Å²) in [6.45, 7) is 0. The van der Waals surface area contributed by atoms with Gasteiger partial charge >= 0.3 is 0 Å². The lowest BCUT2D eigenvalue weighted by Crippen LogP contribution is -2.16. The van der Waals surface area contributed by atoms with Crippen LogP contribution in [0.3, 0.4) is 0 Å². The summed E-state index contributed by atoms with van der Waals surface area (Å²) in [5.74, 6) is 0.542. The molecule has 3 heterocycles. The standard InChI is InChI=1S/C22H16BrN5O/c1-27-17-8-4-2-6-15(17)20(23)21(27)22(29)26-14-10-11-19(24-12-14)28-13-25-16-7-3-5-9-18(16)28/h2-13H,1H3,(H,26,29). The number of nitrogens with zero attached hydrogens (tertiary/aromatic N) is 4. The monoisotopic (exact) mass is 445 g/mol. The number of amides is 1. The van der Waals surface area contributed by atoms with Gasteiger partial charge in [-0.15, -0.1) is 0 Å². The smallest absolute Gasteiger partial charge is 0.273 e. The lowest BCUT2D eigenvalue weighted by molar-refractivity contribution is 0.101. The van der Waals surface area contributed by atoms with E-state index in [1.54, 1.807) is 12.5 Å². The molecule has 0 aliphatic heterocycles. The molecule has 142 valence electrons. The van der Waals surface area contributed by atoms with Crippen molar-refractivity contribution in [2.24, 2.45) is 7.05 Å². The first-order valence-electron chi connectivity index (χ1n) is 9.06. The Labute approximate surface area is 174 Å². The summed E-state index contributed by atoms with van der Waals surface area (Å²) < 4.78 is 4.58. The van der Waals surface area contributed by atoms with Crippen LogP contribution < -0.4 is 5.32 Å². The first-order valence-corrected chi connectivity index (χ1v) is 9.85. The summed E-state index contributed by atoms with van der Waals surface area (Å²) in [4.78, 5) is 21.8. The lowest BCUT2D eigenvalue weighted by atomic mass is 10.2. The number of carbonyl (C=O) groups is 1. The molecule has 1 N–H and O–H groups in total. The molecular weight excluding hydrogens is 430 g/mol. The van der Waals surface area contributed by atoms with Gasteiger partial charge in [-0.25, -0.2) is 9.97 Å². The Morgan fingerprint density at radius 1 is 0.966 bits per heavy atom. The summed E-state index contributed by atoms with van der Waals surface area (Å²) >= 11 is 3.57. The van der Waals surface area contributed by atoms with Gasteiger partial charge in [-0.1, -0.05) is 30.3 Å². The van der Waals surface area contributed by atoms with Gasteiger partial charge in [0.15, 0.2) is 0 Å². The van der Waals surface area contributed by atoms with E-state index in [1.807, 2.05) is 76.8 Å². The Hall–Kier alpha value is -3.45. The van der Waals surface area contributed by atoms with Crippen molar-refractivity contribution in [3.05, 3.63) is 83.4 Å². The molecule has 0 saturated heterocycles. The second kappa shape index (κ2) is 6.86. The fourth-order valence-electron chi connectivity index (χ4n) is 3.53. The highest BCUT2D eigenvalue weighted by Crippen LogP contribution is 2.30. The van der Waals surface area contributed by atoms with Crippen LogP contribution in [0.15, 0.2) is 77.7 Å². The molecule has 6 nitrogen and oxygen atoms in total. The van der Waals surface area contributed by atoms with Crippen LogP contribution in [0.25, 0.3) is 27.8 Å². The molecule has 2 aromatic carbocycles. The number of pyridine rings is 1. The minimum atomic E-state index is -0.196. The average Bonchev–Trinajstić information content (AvgIpc) is 3.28. The van der Waals surface area contributed by atoms with Crippen LogP contribution >= 0.6 is 15.9 Å². The first kappa shape index (κ1) is 17.6. The number of halogens is 1. The molecule has 0 aliphatic carbocycles. The van der Waals surface area contributed by atoms with Crippen LogP contribution in [-0.4, -0.2) is 25.0 Å². The van der Waals surface area contributed by atoms with Crippen molar-refractivity contribution in [3.8, 4) is 5.82 Å². The van der Waals surface area contributed by atoms with Crippen LogP contribution in [0.1, 0.15) is 10.5 Å². The van der Waals surface area contributed by atoms with E-state index in [0.717, 1.165) is 32.2 Å². The Kier molecular flexibility index (Phi) is 4.17. The molecule has 0 fully saturated rings. The van der Waals surface area contributed by atoms with Crippen molar-refractivity contribution in [2.45, 2.75) is 0 Å². The largest absolute Gasteiger partial charge is 0.339 e. The molecule has 0 saturated carbocycles. The molecule has 1 amide bonds. The summed E-state index contributed by atoms with van der Waals surface area (Å²) in [7, 11) is 1.88. The third-order valence-electron chi connectivity index (χ3n) is 4.97. The molecule has 29 heavy (non-hydrogen) atoms. The number of benzene rings is 2. The first-order chi connectivity index (χ1) is 14.1. The Bertz CT molecular complexity index is 1330. The van der Waals surface area contributed by atoms with Crippen LogP contribution in [0, 0.1) is 0 Å². The summed E-state index contributed by atoms with van der Waals surface area (Å²) in [6, 6.07) is 19.5. The highest BCUT2D eigenvalue weighted by Gasteiger charge is 2.19. The molecule has 7 heteroatoms. The maximum Gasteiger partial charge on any atom is 0.273 e. The molecule has 5 aromatic rings. The summed E-state index contributed by atoms with van der Waals surface area (Å²) in [5, 5.41) is 3.93. The Morgan fingerprint density at radius 2 is 1.72 bits per heavy atom. The molecule has 5 rings (SSSR count). The van der Waals surface area contributed by atoms with E-state index in [1.165, 1.54) is 0 Å². The van der Waals surface area contributed by atoms with Crippen LogP contribution in [0.5, 0.6) is 0 Å². The molecule has 0 radical (unpaired) electrons. The van der Waals surface area contributed by atoms with Crippen LogP contribution in [-0.2, 0) is 7.05 Å². The topological polar surface area (TPSA) is 64.7 Å². The quantitative estimate of drug-likeness (QED) is 0.428. The van der Waals surface area contributed by atoms with E-state index in [-0.39, 0.29) is 5.91 Å². The van der Waals surface area contributed by atoms with Gasteiger partial charge in [0.05, 0.1) is 27.4 Å². The molecule has 0 aliphatic rings. The number of hydrogen-bond acceptors (Lipinski definition) is 3. The molecule has 3 aromatic heterocycles. The number of nitrogens with one attached hydrogen (secondary N) is 1. The van der Waals surface area contributed by atoms with E-state index in [4.69, 9.17) is 0 Å². The molecular formula is C22H16BrN5O. The molecule has 0 unspecified atom stereocenters. The molecule has 0 bridgehead atoms. The second-order valence-corrected chi connectivity index (χ2v) is 7.49. The van der Waals surface area contributed by atoms with Gasteiger partial charge in [-0.2, -0.15) is 0 Å². The van der Waals surface area contributed by atoms with Crippen molar-refractivity contribution in [1.29, 1.82) is 0 Å². The van der Waals surface area contributed by atoms with Crippen molar-refractivity contribution in [1.82, 2.24) is 19.1 Å². The third-order valence-corrected chi connectivity index (χ3v) is 5.77. The fraction of sp³-hybridized carbons (Fsp3) is 0.0455. The molecule has 0 spiro atoms. The number of anilines is 1. The van der Waals surface area contributed by atoms with Gasteiger partial charge in [0.25, 0.3) is 5.91 Å². The van der Waals surface area contributed by atoms with Gasteiger partial charge in [0, 0.05) is 18.0 Å². The minimum Gasteiger partial charge on any atom is -0.339 e. The van der Waals surface area contributed by atoms with Crippen LogP contribution in [0.2, 0.25) is 0 Å². The van der Waals surface area contributed by atoms with Crippen molar-refractivity contribution >= 4 is 49.5 Å². The number of carbonyl (C=O) groups excluding carboxylic acids is 1. The highest BCUT2D eigenvalue weighted by atomic mass is 79.9. The predicted molar refractivity (Wildman–Crippen MR) is 117 cm³/mol. The molecule has 0 atom stereocenters. The Morgan fingerprint density at radius 3 is 2.48 bits per heavy atom. The van der Waals surface area contributed by atoms with Gasteiger partial charge in [0.1, 0.15) is 17.8 Å². The van der Waals surface area contributed by atoms with Crippen LogP contribution in [0.4, 0.5) is 5.69 Å². The minimum absolute atomic E-state index is 0.196. The zero-order valence-electron chi connectivity index (χ0n) is 15.5. The van der Waals surface area contributed by atoms with E-state index in [2.05, 4.69) is 31.2 Å². The number of rotatable bonds is 3. The predicted octanol–water partition coefficient (Wildman–Crippen LogP) is 4.93. The van der Waals surface area contributed by atoms with Gasteiger partial charge < -0.3 is 9.88 Å². The number of fused-ring (bicyclic) bond motifs is 2. The number of aryl methyl sites for hydroxylation is 1. The zero-order valence-corrected chi connectivity index (χ0v) is 17.1. The van der Waals surface area contributed by atoms with E-state index < -0.39 is 0 Å². The van der Waals surface area contributed by atoms with Crippen molar-refractivity contribution in [3.63, 3.8) is 0 Å². The number of hydrogen-bond donors (Lipinski definition) is 1. The number of imidazole rings is 1. The van der Waals surface area contributed by atoms with E-state index in [9.17, 15) is 4.79 Å². The number of aromatic nitrogens is 4. The number of para-hydroxylation sites is 3. The highest BCUT2D eigenvalue weighted by molar-refractivity contribution is 9.10. The summed E-state index contributed by atoms with van der Waals surface area (Å²) in [6.07, 6.45) is 3.40. The maximum absolute atomic E-state index is 12.9. The fourth-order valence-corrected chi connectivity index (χ4v) is 4.31. The zero-order chi connectivity index (χ0) is 20.0. The van der Waals surface area contributed by atoms with Crippen molar-refractivity contribution in [2.75, 3.05) is 5.32 Å².